The van der Waals surface area contributed by atoms with Gasteiger partial charge in [-0.25, -0.2) is 0 Å². The molecule has 0 bridgehead atoms. The van der Waals surface area contributed by atoms with E-state index in [0.717, 1.165) is 5.56 Å². The van der Waals surface area contributed by atoms with Crippen LogP contribution in [-0.4, -0.2) is 25.0 Å². The van der Waals surface area contributed by atoms with Crippen molar-refractivity contribution in [1.29, 1.82) is 0 Å². The monoisotopic (exact) mass is 428 g/mol. The molecule has 3 aromatic carbocycles. The van der Waals surface area contributed by atoms with Gasteiger partial charge in [0.1, 0.15) is 24.5 Å². The Labute approximate surface area is 183 Å². The maximum Gasteiger partial charge on any atom is 0.293 e. The molecule has 2 amide bonds. The van der Waals surface area contributed by atoms with Crippen LogP contribution in [0.3, 0.4) is 0 Å². The summed E-state index contributed by atoms with van der Waals surface area (Å²) >= 11 is 0. The fraction of sp³-hybridized carbons (Fsp3) is 0.120. The molecule has 32 heavy (non-hydrogen) atoms. The molecule has 1 aliphatic rings. The second kappa shape index (κ2) is 8.11. The Morgan fingerprint density at radius 2 is 1.56 bits per heavy atom. The van der Waals surface area contributed by atoms with Gasteiger partial charge in [0.05, 0.1) is 0 Å². The molecule has 2 heterocycles. The number of benzene rings is 3. The Morgan fingerprint density at radius 3 is 2.41 bits per heavy atom. The van der Waals surface area contributed by atoms with Crippen LogP contribution in [0.1, 0.15) is 26.5 Å². The molecule has 7 heteroatoms. The summed E-state index contributed by atoms with van der Waals surface area (Å²) < 4.78 is 16.9. The molecule has 0 aliphatic carbocycles. The predicted octanol–water partition coefficient (Wildman–Crippen LogP) is 5.02. The molecule has 160 valence electrons. The normalized spacial score (nSPS) is 12.4. The van der Waals surface area contributed by atoms with Crippen LogP contribution in [-0.2, 0) is 0 Å². The van der Waals surface area contributed by atoms with Gasteiger partial charge in [-0.1, -0.05) is 30.3 Å². The number of amides is 2. The van der Waals surface area contributed by atoms with Gasteiger partial charge in [0.15, 0.2) is 11.5 Å². The lowest BCUT2D eigenvalue weighted by atomic mass is 10.1. The molecule has 0 radical (unpaired) electrons. The van der Waals surface area contributed by atoms with Gasteiger partial charge in [-0.05, 0) is 42.8 Å². The van der Waals surface area contributed by atoms with E-state index >= 15 is 0 Å². The van der Waals surface area contributed by atoms with Gasteiger partial charge in [-0.3, -0.25) is 9.59 Å². The first kappa shape index (κ1) is 19.7. The van der Waals surface area contributed by atoms with E-state index in [-0.39, 0.29) is 11.7 Å². The van der Waals surface area contributed by atoms with Gasteiger partial charge < -0.3 is 24.5 Å². The van der Waals surface area contributed by atoms with Gasteiger partial charge in [0.2, 0.25) is 5.76 Å². The minimum atomic E-state index is -0.488. The smallest absolute Gasteiger partial charge is 0.293 e. The van der Waals surface area contributed by atoms with E-state index in [0.29, 0.717) is 52.6 Å². The predicted molar refractivity (Wildman–Crippen MR) is 121 cm³/mol. The van der Waals surface area contributed by atoms with Crippen LogP contribution < -0.4 is 20.1 Å². The fourth-order valence-corrected chi connectivity index (χ4v) is 3.65. The van der Waals surface area contributed by atoms with E-state index in [1.165, 1.54) is 0 Å². The van der Waals surface area contributed by atoms with E-state index in [4.69, 9.17) is 13.9 Å². The maximum absolute atomic E-state index is 13.1. The lowest BCUT2D eigenvalue weighted by Gasteiger charge is -2.18. The third-order valence-corrected chi connectivity index (χ3v) is 5.23. The van der Waals surface area contributed by atoms with Gasteiger partial charge in [-0.15, -0.1) is 0 Å². The average molecular weight is 428 g/mol. The topological polar surface area (TPSA) is 89.8 Å². The zero-order chi connectivity index (χ0) is 22.1. The van der Waals surface area contributed by atoms with E-state index < -0.39 is 5.91 Å². The Morgan fingerprint density at radius 1 is 0.812 bits per heavy atom. The van der Waals surface area contributed by atoms with Gasteiger partial charge in [0.25, 0.3) is 11.8 Å². The van der Waals surface area contributed by atoms with Crippen molar-refractivity contribution in [1.82, 2.24) is 0 Å². The number of hydrogen-bond donors (Lipinski definition) is 2. The largest absolute Gasteiger partial charge is 0.486 e. The molecule has 0 unspecified atom stereocenters. The van der Waals surface area contributed by atoms with Crippen molar-refractivity contribution in [2.75, 3.05) is 23.8 Å². The van der Waals surface area contributed by atoms with Crippen molar-refractivity contribution in [3.63, 3.8) is 0 Å². The summed E-state index contributed by atoms with van der Waals surface area (Å²) in [5.41, 5.74) is 2.70. The van der Waals surface area contributed by atoms with Crippen LogP contribution in [0.25, 0.3) is 11.0 Å². The van der Waals surface area contributed by atoms with Gasteiger partial charge in [0, 0.05) is 22.7 Å². The molecular weight excluding hydrogens is 408 g/mol. The van der Waals surface area contributed by atoms with Gasteiger partial charge in [-0.2, -0.15) is 0 Å². The number of carbonyl (C=O) groups excluding carboxylic acids is 2. The zero-order valence-corrected chi connectivity index (χ0v) is 17.3. The minimum Gasteiger partial charge on any atom is -0.486 e. The highest BCUT2D eigenvalue weighted by Crippen LogP contribution is 2.35. The molecule has 0 saturated heterocycles. The van der Waals surface area contributed by atoms with E-state index in [2.05, 4.69) is 10.6 Å². The summed E-state index contributed by atoms with van der Waals surface area (Å²) in [5, 5.41) is 6.32. The third kappa shape index (κ3) is 3.65. The molecule has 0 spiro atoms. The van der Waals surface area contributed by atoms with Crippen molar-refractivity contribution in [3.8, 4) is 11.5 Å². The Kier molecular flexibility index (Phi) is 4.99. The lowest BCUT2D eigenvalue weighted by molar-refractivity contribution is 0.0999. The number of fused-ring (bicyclic) bond motifs is 2. The molecule has 2 N–H and O–H groups in total. The lowest BCUT2D eigenvalue weighted by Crippen LogP contribution is -2.18. The van der Waals surface area contributed by atoms with Crippen molar-refractivity contribution in [3.05, 3.63) is 83.6 Å². The Bertz CT molecular complexity index is 1340. The third-order valence-electron chi connectivity index (χ3n) is 5.23. The van der Waals surface area contributed by atoms with Crippen LogP contribution in [0.15, 0.2) is 71.1 Å². The highest BCUT2D eigenvalue weighted by atomic mass is 16.6. The molecule has 7 nitrogen and oxygen atoms in total. The van der Waals surface area contributed by atoms with Crippen LogP contribution in [0, 0.1) is 6.92 Å². The standard InChI is InChI=1S/C25H20N2O5/c1-15-6-2-3-7-17(15)24(28)27-22-18-8-4-5-9-19(18)32-23(22)25(29)26-16-10-11-20-21(14-16)31-13-12-30-20/h2-11,14H,12-13H2,1H3,(H,26,29)(H,27,28). The van der Waals surface area contributed by atoms with E-state index in [1.807, 2.05) is 25.1 Å². The van der Waals surface area contributed by atoms with Crippen LogP contribution in [0.2, 0.25) is 0 Å². The van der Waals surface area contributed by atoms with Crippen molar-refractivity contribution in [2.45, 2.75) is 6.92 Å². The number of nitrogens with one attached hydrogen (secondary N) is 2. The number of rotatable bonds is 4. The summed E-state index contributed by atoms with van der Waals surface area (Å²) in [6.07, 6.45) is 0. The molecule has 0 atom stereocenters. The summed E-state index contributed by atoms with van der Waals surface area (Å²) in [5.74, 6) is 0.403. The number of furan rings is 1. The van der Waals surface area contributed by atoms with Crippen LogP contribution in [0.5, 0.6) is 11.5 Å². The first-order valence-electron chi connectivity index (χ1n) is 10.2. The summed E-state index contributed by atoms with van der Waals surface area (Å²) in [6.45, 7) is 2.79. The number of carbonyl (C=O) groups is 2. The van der Waals surface area contributed by atoms with Gasteiger partial charge >= 0.3 is 0 Å². The molecule has 4 aromatic rings. The summed E-state index contributed by atoms with van der Waals surface area (Å²) in [4.78, 5) is 26.1. The average Bonchev–Trinajstić information content (AvgIpc) is 3.18. The highest BCUT2D eigenvalue weighted by Gasteiger charge is 2.24. The number of anilines is 2. The highest BCUT2D eigenvalue weighted by molar-refractivity contribution is 6.17. The molecule has 0 fully saturated rings. The van der Waals surface area contributed by atoms with Crippen molar-refractivity contribution < 1.29 is 23.5 Å². The van der Waals surface area contributed by atoms with E-state index in [9.17, 15) is 9.59 Å². The first-order valence-corrected chi connectivity index (χ1v) is 10.2. The molecule has 1 aliphatic heterocycles. The fourth-order valence-electron chi connectivity index (χ4n) is 3.65. The molecule has 0 saturated carbocycles. The number of ether oxygens (including phenoxy) is 2. The van der Waals surface area contributed by atoms with Crippen LogP contribution in [0.4, 0.5) is 11.4 Å². The molecule has 5 rings (SSSR count). The second-order valence-corrected chi connectivity index (χ2v) is 7.38. The van der Waals surface area contributed by atoms with Crippen molar-refractivity contribution in [2.24, 2.45) is 0 Å². The van der Waals surface area contributed by atoms with Crippen LogP contribution >= 0.6 is 0 Å². The maximum atomic E-state index is 13.1. The summed E-state index contributed by atoms with van der Waals surface area (Å²) in [7, 11) is 0. The van der Waals surface area contributed by atoms with E-state index in [1.54, 1.807) is 48.5 Å². The summed E-state index contributed by atoms with van der Waals surface area (Å²) in [6, 6.07) is 19.6. The molecule has 1 aromatic heterocycles. The zero-order valence-electron chi connectivity index (χ0n) is 17.3. The minimum absolute atomic E-state index is 0.0167. The number of hydrogen-bond acceptors (Lipinski definition) is 5. The Balaban J connectivity index is 1.48. The SMILES string of the molecule is Cc1ccccc1C(=O)Nc1c(C(=O)Nc2ccc3c(c2)OCCO3)oc2ccccc12. The Hall–Kier alpha value is -4.26. The quantitative estimate of drug-likeness (QED) is 0.477. The number of para-hydroxylation sites is 1. The first-order chi connectivity index (χ1) is 15.6. The number of aryl methyl sites for hydroxylation is 1. The second-order valence-electron chi connectivity index (χ2n) is 7.38. The van der Waals surface area contributed by atoms with Crippen molar-refractivity contribution >= 4 is 34.2 Å². The molecular formula is C25H20N2O5.